The van der Waals surface area contributed by atoms with E-state index in [9.17, 15) is 9.90 Å². The van der Waals surface area contributed by atoms with Gasteiger partial charge in [0.25, 0.3) is 0 Å². The molecular formula is C16H22N2O2. The Balaban J connectivity index is 1.68. The number of hydrogen-bond acceptors (Lipinski definition) is 3. The highest BCUT2D eigenvalue weighted by atomic mass is 16.3. The van der Waals surface area contributed by atoms with Crippen LogP contribution in [-0.2, 0) is 4.79 Å². The molecule has 3 N–H and O–H groups in total. The van der Waals surface area contributed by atoms with Gasteiger partial charge >= 0.3 is 0 Å². The predicted octanol–water partition coefficient (Wildman–Crippen LogP) is 1.86. The Bertz CT molecular complexity index is 489. The fourth-order valence-electron chi connectivity index (χ4n) is 3.42. The lowest BCUT2D eigenvalue weighted by atomic mass is 9.84. The van der Waals surface area contributed by atoms with Gasteiger partial charge in [0.2, 0.25) is 5.91 Å². The van der Waals surface area contributed by atoms with E-state index in [0.29, 0.717) is 6.54 Å². The zero-order valence-electron chi connectivity index (χ0n) is 11.6. The maximum absolute atomic E-state index is 12.5. The minimum atomic E-state index is -0.104. The molecule has 2 aliphatic rings. The third kappa shape index (κ3) is 2.52. The molecule has 0 radical (unpaired) electrons. The van der Waals surface area contributed by atoms with Crippen LogP contribution in [0.3, 0.4) is 0 Å². The van der Waals surface area contributed by atoms with Gasteiger partial charge in [-0.2, -0.15) is 0 Å². The summed E-state index contributed by atoms with van der Waals surface area (Å²) in [4.78, 5) is 12.5. The van der Waals surface area contributed by atoms with E-state index in [1.54, 1.807) is 0 Å². The third-order valence-electron chi connectivity index (χ3n) is 4.62. The number of anilines is 1. The highest BCUT2D eigenvalue weighted by molar-refractivity contribution is 5.88. The summed E-state index contributed by atoms with van der Waals surface area (Å²) in [6, 6.07) is 8.12. The van der Waals surface area contributed by atoms with Gasteiger partial charge < -0.3 is 15.7 Å². The van der Waals surface area contributed by atoms with E-state index >= 15 is 0 Å². The normalized spacial score (nSPS) is 28.6. The second-order valence-corrected chi connectivity index (χ2v) is 5.86. The van der Waals surface area contributed by atoms with E-state index in [4.69, 9.17) is 0 Å². The van der Waals surface area contributed by atoms with Crippen LogP contribution in [0.1, 0.15) is 37.2 Å². The third-order valence-corrected chi connectivity index (χ3v) is 4.62. The summed E-state index contributed by atoms with van der Waals surface area (Å²) < 4.78 is 0. The molecule has 1 amide bonds. The molecule has 0 spiro atoms. The van der Waals surface area contributed by atoms with Crippen molar-refractivity contribution in [1.82, 2.24) is 5.32 Å². The Hall–Kier alpha value is -1.55. The smallest absolute Gasteiger partial charge is 0.229 e. The van der Waals surface area contributed by atoms with E-state index < -0.39 is 0 Å². The van der Waals surface area contributed by atoms with E-state index in [2.05, 4.69) is 10.6 Å². The number of nitrogens with one attached hydrogen (secondary N) is 2. The number of carbonyl (C=O) groups is 1. The van der Waals surface area contributed by atoms with Gasteiger partial charge in [0, 0.05) is 30.8 Å². The average Bonchev–Trinajstić information content (AvgIpc) is 2.92. The minimum absolute atomic E-state index is 0.0906. The molecule has 1 aliphatic heterocycles. The predicted molar refractivity (Wildman–Crippen MR) is 78.6 cm³/mol. The van der Waals surface area contributed by atoms with Crippen molar-refractivity contribution in [1.29, 1.82) is 0 Å². The number of benzene rings is 1. The van der Waals surface area contributed by atoms with Gasteiger partial charge in [-0.25, -0.2) is 0 Å². The van der Waals surface area contributed by atoms with E-state index in [0.717, 1.165) is 36.9 Å². The molecule has 0 bridgehead atoms. The van der Waals surface area contributed by atoms with Crippen LogP contribution in [-0.4, -0.2) is 30.2 Å². The van der Waals surface area contributed by atoms with Crippen LogP contribution >= 0.6 is 0 Å². The molecule has 3 rings (SSSR count). The second kappa shape index (κ2) is 5.83. The highest BCUT2D eigenvalue weighted by Gasteiger charge is 2.32. The number of rotatable bonds is 3. The zero-order valence-corrected chi connectivity index (χ0v) is 11.6. The molecule has 108 valence electrons. The number of para-hydroxylation sites is 1. The minimum Gasteiger partial charge on any atom is -0.396 e. The fourth-order valence-corrected chi connectivity index (χ4v) is 3.42. The average molecular weight is 274 g/mol. The first-order valence-electron chi connectivity index (χ1n) is 7.53. The molecular weight excluding hydrogens is 252 g/mol. The van der Waals surface area contributed by atoms with Gasteiger partial charge in [0.05, 0.1) is 5.92 Å². The molecule has 1 fully saturated rings. The van der Waals surface area contributed by atoms with Crippen LogP contribution in [0, 0.1) is 5.92 Å². The molecule has 0 saturated heterocycles. The molecule has 1 aliphatic carbocycles. The summed E-state index contributed by atoms with van der Waals surface area (Å²) in [5.41, 5.74) is 2.15. The van der Waals surface area contributed by atoms with Crippen molar-refractivity contribution in [2.75, 3.05) is 18.5 Å². The molecule has 20 heavy (non-hydrogen) atoms. The summed E-state index contributed by atoms with van der Waals surface area (Å²) in [5, 5.41) is 15.9. The first kappa shape index (κ1) is 13.4. The lowest BCUT2D eigenvalue weighted by Gasteiger charge is -2.31. The fraction of sp³-hybridized carbons (Fsp3) is 0.562. The number of aliphatic hydroxyl groups excluding tert-OH is 1. The summed E-state index contributed by atoms with van der Waals surface area (Å²) in [6.45, 7) is 0.839. The Morgan fingerprint density at radius 1 is 1.30 bits per heavy atom. The monoisotopic (exact) mass is 274 g/mol. The lowest BCUT2D eigenvalue weighted by molar-refractivity contribution is -0.123. The second-order valence-electron chi connectivity index (χ2n) is 5.86. The molecule has 1 aromatic carbocycles. The number of carbonyl (C=O) groups excluding carboxylic acids is 1. The Kier molecular flexibility index (Phi) is 3.92. The largest absolute Gasteiger partial charge is 0.396 e. The molecule has 4 heteroatoms. The number of hydrogen-bond donors (Lipinski definition) is 3. The molecule has 1 heterocycles. The zero-order chi connectivity index (χ0) is 13.9. The van der Waals surface area contributed by atoms with Gasteiger partial charge in [-0.3, -0.25) is 4.79 Å². The van der Waals surface area contributed by atoms with Gasteiger partial charge in [-0.15, -0.1) is 0 Å². The molecule has 1 saturated carbocycles. The summed E-state index contributed by atoms with van der Waals surface area (Å²) in [7, 11) is 0. The maximum atomic E-state index is 12.5. The Morgan fingerprint density at radius 2 is 2.10 bits per heavy atom. The summed E-state index contributed by atoms with van der Waals surface area (Å²) in [6.07, 6.45) is 4.30. The van der Waals surface area contributed by atoms with Crippen molar-refractivity contribution in [2.45, 2.75) is 37.6 Å². The van der Waals surface area contributed by atoms with Crippen LogP contribution in [0.5, 0.6) is 0 Å². The first-order chi connectivity index (χ1) is 9.79. The van der Waals surface area contributed by atoms with Crippen LogP contribution < -0.4 is 10.6 Å². The lowest BCUT2D eigenvalue weighted by Crippen LogP contribution is -2.45. The highest BCUT2D eigenvalue weighted by Crippen LogP contribution is 2.32. The Labute approximate surface area is 119 Å². The molecule has 1 aromatic rings. The topological polar surface area (TPSA) is 61.4 Å². The molecule has 0 aromatic heterocycles. The van der Waals surface area contributed by atoms with Crippen molar-refractivity contribution in [2.24, 2.45) is 5.92 Å². The molecule has 3 atom stereocenters. The number of fused-ring (bicyclic) bond motifs is 1. The molecule has 4 nitrogen and oxygen atoms in total. The standard InChI is InChI=1S/C16H22N2O2/c19-10-11-5-1-3-7-14(11)18-16(20)13-9-17-15-8-4-2-6-12(13)15/h2,4,6,8,11,13-14,17,19H,1,3,5,7,9-10H2,(H,18,20). The maximum Gasteiger partial charge on any atom is 0.229 e. The van der Waals surface area contributed by atoms with E-state index in [-0.39, 0.29) is 30.4 Å². The van der Waals surface area contributed by atoms with Gasteiger partial charge in [0.1, 0.15) is 0 Å². The van der Waals surface area contributed by atoms with Crippen LogP contribution in [0.2, 0.25) is 0 Å². The van der Waals surface area contributed by atoms with Gasteiger partial charge in [-0.05, 0) is 24.5 Å². The quantitative estimate of drug-likeness (QED) is 0.788. The number of amides is 1. The Morgan fingerprint density at radius 3 is 2.95 bits per heavy atom. The van der Waals surface area contributed by atoms with Crippen molar-refractivity contribution >= 4 is 11.6 Å². The van der Waals surface area contributed by atoms with Crippen molar-refractivity contribution in [3.8, 4) is 0 Å². The molecule has 3 unspecified atom stereocenters. The summed E-state index contributed by atoms with van der Waals surface area (Å²) in [5.74, 6) is 0.206. The summed E-state index contributed by atoms with van der Waals surface area (Å²) >= 11 is 0. The van der Waals surface area contributed by atoms with E-state index in [1.807, 2.05) is 24.3 Å². The van der Waals surface area contributed by atoms with Gasteiger partial charge in [0.15, 0.2) is 0 Å². The van der Waals surface area contributed by atoms with Crippen molar-refractivity contribution < 1.29 is 9.90 Å². The van der Waals surface area contributed by atoms with Gasteiger partial charge in [-0.1, -0.05) is 31.0 Å². The van der Waals surface area contributed by atoms with Crippen LogP contribution in [0.4, 0.5) is 5.69 Å². The van der Waals surface area contributed by atoms with Crippen molar-refractivity contribution in [3.05, 3.63) is 29.8 Å². The van der Waals surface area contributed by atoms with E-state index in [1.165, 1.54) is 0 Å². The number of aliphatic hydroxyl groups is 1. The van der Waals surface area contributed by atoms with Crippen molar-refractivity contribution in [3.63, 3.8) is 0 Å². The van der Waals surface area contributed by atoms with Crippen LogP contribution in [0.15, 0.2) is 24.3 Å². The van der Waals surface area contributed by atoms with Crippen LogP contribution in [0.25, 0.3) is 0 Å². The SMILES string of the molecule is O=C(NC1CCCCC1CO)C1CNc2ccccc21. The first-order valence-corrected chi connectivity index (χ1v) is 7.53.